The van der Waals surface area contributed by atoms with E-state index in [1.165, 1.54) is 61.2 Å². The van der Waals surface area contributed by atoms with E-state index in [1.807, 2.05) is 12.1 Å². The van der Waals surface area contributed by atoms with Crippen LogP contribution in [-0.2, 0) is 10.8 Å². The van der Waals surface area contributed by atoms with Crippen molar-refractivity contribution in [1.29, 1.82) is 0 Å². The van der Waals surface area contributed by atoms with Gasteiger partial charge < -0.3 is 9.32 Å². The third kappa shape index (κ3) is 5.41. The number of furan rings is 1. The third-order valence-electron chi connectivity index (χ3n) is 14.4. The molecule has 0 aliphatic heterocycles. The van der Waals surface area contributed by atoms with E-state index in [-0.39, 0.29) is 5.41 Å². The number of fused-ring (bicyclic) bond motifs is 9. The van der Waals surface area contributed by atoms with Crippen LogP contribution in [-0.4, -0.2) is 0 Å². The lowest BCUT2D eigenvalue weighted by molar-refractivity contribution is 0.669. The summed E-state index contributed by atoms with van der Waals surface area (Å²) in [4.78, 5) is 2.51. The lowest BCUT2D eigenvalue weighted by Gasteiger charge is -2.34. The molecule has 306 valence electrons. The number of nitrogens with zero attached hydrogens (tertiary/aromatic N) is 1. The molecule has 2 aliphatic carbocycles. The first-order chi connectivity index (χ1) is 32.1. The van der Waals surface area contributed by atoms with Gasteiger partial charge in [0.25, 0.3) is 0 Å². The van der Waals surface area contributed by atoms with Crippen LogP contribution in [0.3, 0.4) is 0 Å². The maximum absolute atomic E-state index is 6.42. The zero-order chi connectivity index (χ0) is 43.1. The molecule has 0 bridgehead atoms. The van der Waals surface area contributed by atoms with Crippen LogP contribution in [0.15, 0.2) is 247 Å². The van der Waals surface area contributed by atoms with E-state index < -0.39 is 5.41 Å². The van der Waals surface area contributed by atoms with E-state index in [0.29, 0.717) is 0 Å². The van der Waals surface area contributed by atoms with Gasteiger partial charge in [-0.05, 0) is 122 Å². The summed E-state index contributed by atoms with van der Waals surface area (Å²) >= 11 is 0. The van der Waals surface area contributed by atoms with Crippen molar-refractivity contribution in [3.05, 3.63) is 282 Å². The van der Waals surface area contributed by atoms with Gasteiger partial charge in [-0.25, -0.2) is 0 Å². The molecule has 1 atom stereocenters. The van der Waals surface area contributed by atoms with Crippen LogP contribution in [0, 0.1) is 0 Å². The molecular weight excluding hydrogens is 787 g/mol. The molecule has 0 saturated heterocycles. The summed E-state index contributed by atoms with van der Waals surface area (Å²) in [6.07, 6.45) is 0. The van der Waals surface area contributed by atoms with Crippen LogP contribution in [0.1, 0.15) is 45.9 Å². The van der Waals surface area contributed by atoms with Crippen LogP contribution in [0.25, 0.3) is 55.3 Å². The van der Waals surface area contributed by atoms with E-state index in [9.17, 15) is 0 Å². The van der Waals surface area contributed by atoms with E-state index in [0.717, 1.165) is 50.1 Å². The summed E-state index contributed by atoms with van der Waals surface area (Å²) < 4.78 is 6.42. The first-order valence-corrected chi connectivity index (χ1v) is 22.6. The van der Waals surface area contributed by atoms with Crippen LogP contribution >= 0.6 is 0 Å². The van der Waals surface area contributed by atoms with Gasteiger partial charge in [0.2, 0.25) is 0 Å². The molecule has 0 saturated carbocycles. The van der Waals surface area contributed by atoms with Crippen molar-refractivity contribution in [2.45, 2.75) is 17.8 Å². The third-order valence-corrected chi connectivity index (χ3v) is 14.4. The van der Waals surface area contributed by atoms with Crippen LogP contribution < -0.4 is 4.90 Å². The number of rotatable bonds is 7. The first-order valence-electron chi connectivity index (χ1n) is 22.6. The quantitative estimate of drug-likeness (QED) is 0.159. The van der Waals surface area contributed by atoms with Crippen molar-refractivity contribution >= 4 is 39.0 Å². The van der Waals surface area contributed by atoms with Gasteiger partial charge >= 0.3 is 0 Å². The molecule has 2 heteroatoms. The lowest BCUT2D eigenvalue weighted by Crippen LogP contribution is -2.28. The van der Waals surface area contributed by atoms with Crippen LogP contribution in [0.5, 0.6) is 0 Å². The lowest BCUT2D eigenvalue weighted by atomic mass is 9.68. The molecule has 0 fully saturated rings. The SMILES string of the molecule is CC1(c2ccccc2)c2ccccc2-c2ccc(N(c3cccc(-c4ccc5c(c4)oc4ccccc45)c3)c3cccc4c3-c3ccccc3C4(c3ccccc3)c3ccccc3)cc21. The highest BCUT2D eigenvalue weighted by Crippen LogP contribution is 2.60. The van der Waals surface area contributed by atoms with Crippen molar-refractivity contribution in [2.24, 2.45) is 0 Å². The topological polar surface area (TPSA) is 16.4 Å². The first kappa shape index (κ1) is 37.4. The van der Waals surface area contributed by atoms with Crippen molar-refractivity contribution in [2.75, 3.05) is 4.90 Å². The Kier molecular flexibility index (Phi) is 8.29. The molecule has 65 heavy (non-hydrogen) atoms. The number of anilines is 3. The molecule has 2 aliphatic rings. The average molecular weight is 830 g/mol. The Balaban J connectivity index is 1.08. The number of benzene rings is 10. The molecule has 1 aromatic heterocycles. The largest absolute Gasteiger partial charge is 0.456 e. The molecule has 10 aromatic carbocycles. The summed E-state index contributed by atoms with van der Waals surface area (Å²) in [6.45, 7) is 2.40. The highest BCUT2D eigenvalue weighted by Gasteiger charge is 2.47. The fraction of sp³-hybridized carbons (Fsp3) is 0.0476. The maximum Gasteiger partial charge on any atom is 0.136 e. The van der Waals surface area contributed by atoms with Crippen molar-refractivity contribution < 1.29 is 4.42 Å². The molecule has 0 amide bonds. The van der Waals surface area contributed by atoms with E-state index in [4.69, 9.17) is 4.42 Å². The van der Waals surface area contributed by atoms with Gasteiger partial charge in [-0.3, -0.25) is 0 Å². The zero-order valence-electron chi connectivity index (χ0n) is 35.9. The fourth-order valence-corrected chi connectivity index (χ4v) is 11.5. The predicted molar refractivity (Wildman–Crippen MR) is 269 cm³/mol. The smallest absolute Gasteiger partial charge is 0.136 e. The van der Waals surface area contributed by atoms with Crippen LogP contribution in [0.2, 0.25) is 0 Å². The molecule has 13 rings (SSSR count). The van der Waals surface area contributed by atoms with E-state index in [2.05, 4.69) is 242 Å². The second-order valence-corrected chi connectivity index (χ2v) is 17.7. The second kappa shape index (κ2) is 14.4. The minimum Gasteiger partial charge on any atom is -0.456 e. The molecule has 2 nitrogen and oxygen atoms in total. The Morgan fingerprint density at radius 2 is 0.923 bits per heavy atom. The summed E-state index contributed by atoms with van der Waals surface area (Å²) in [5.41, 5.74) is 20.4. The number of hydrogen-bond donors (Lipinski definition) is 0. The van der Waals surface area contributed by atoms with E-state index >= 15 is 0 Å². The Labute approximate surface area is 379 Å². The predicted octanol–water partition coefficient (Wildman–Crippen LogP) is 16.4. The summed E-state index contributed by atoms with van der Waals surface area (Å²) in [7, 11) is 0. The van der Waals surface area contributed by atoms with E-state index in [1.54, 1.807) is 0 Å². The molecule has 0 N–H and O–H groups in total. The normalized spacial score (nSPS) is 15.3. The second-order valence-electron chi connectivity index (χ2n) is 17.7. The van der Waals surface area contributed by atoms with Crippen molar-refractivity contribution in [3.63, 3.8) is 0 Å². The molecule has 1 heterocycles. The van der Waals surface area contributed by atoms with Gasteiger partial charge in [0.05, 0.1) is 11.1 Å². The summed E-state index contributed by atoms with van der Waals surface area (Å²) in [6, 6.07) is 89.3. The maximum atomic E-state index is 6.42. The Hall–Kier alpha value is -8.20. The standard InChI is InChI=1S/C63H43NO/c1-62(44-20-5-2-6-21-44)54-30-14-11-27-49(54)50-38-36-48(41-57(50)62)64(47-26-17-19-42(39-47)43-35-37-52-51-28-13-16-34-59(51)65-60(52)40-43)58-33-18-32-56-61(58)53-29-12-15-31-55(53)63(56,45-22-7-3-8-23-45)46-24-9-4-10-25-46/h2-41H,1H3. The monoisotopic (exact) mass is 829 g/mol. The molecule has 11 aromatic rings. The minimum atomic E-state index is -0.536. The summed E-state index contributed by atoms with van der Waals surface area (Å²) in [5.74, 6) is 0. The minimum absolute atomic E-state index is 0.361. The molecule has 0 spiro atoms. The molecule has 0 radical (unpaired) electrons. The van der Waals surface area contributed by atoms with Crippen molar-refractivity contribution in [3.8, 4) is 33.4 Å². The number of hydrogen-bond acceptors (Lipinski definition) is 2. The molecular formula is C63H43NO. The number of para-hydroxylation sites is 1. The van der Waals surface area contributed by atoms with Gasteiger partial charge in [-0.1, -0.05) is 194 Å². The Morgan fingerprint density at radius 3 is 1.69 bits per heavy atom. The Bertz CT molecular complexity index is 3580. The van der Waals surface area contributed by atoms with Gasteiger partial charge in [0, 0.05) is 33.1 Å². The Morgan fingerprint density at radius 1 is 0.354 bits per heavy atom. The van der Waals surface area contributed by atoms with Gasteiger partial charge in [-0.15, -0.1) is 0 Å². The summed E-state index contributed by atoms with van der Waals surface area (Å²) in [5, 5.41) is 2.26. The van der Waals surface area contributed by atoms with Gasteiger partial charge in [0.1, 0.15) is 11.2 Å². The average Bonchev–Trinajstić information content (AvgIpc) is 3.99. The van der Waals surface area contributed by atoms with Crippen molar-refractivity contribution in [1.82, 2.24) is 0 Å². The fourth-order valence-electron chi connectivity index (χ4n) is 11.5. The highest BCUT2D eigenvalue weighted by molar-refractivity contribution is 6.06. The molecule has 1 unspecified atom stereocenters. The van der Waals surface area contributed by atoms with Gasteiger partial charge in [0.15, 0.2) is 0 Å². The highest BCUT2D eigenvalue weighted by atomic mass is 16.3. The zero-order valence-corrected chi connectivity index (χ0v) is 35.9. The van der Waals surface area contributed by atoms with Crippen LogP contribution in [0.4, 0.5) is 17.1 Å². The van der Waals surface area contributed by atoms with Gasteiger partial charge in [-0.2, -0.15) is 0 Å².